The Morgan fingerprint density at radius 2 is 1.16 bits per heavy atom. The van der Waals surface area contributed by atoms with Gasteiger partial charge < -0.3 is 4.74 Å². The number of hydrogen-bond donors (Lipinski definition) is 0. The number of carbonyl (C=O) groups is 1. The highest BCUT2D eigenvalue weighted by atomic mass is 32.2. The van der Waals surface area contributed by atoms with Gasteiger partial charge in [-0.05, 0) is 90.2 Å². The maximum Gasteiger partial charge on any atom is 0.343 e. The molecule has 0 N–H and O–H groups in total. The van der Waals surface area contributed by atoms with E-state index in [4.69, 9.17) is 4.74 Å². The van der Waals surface area contributed by atoms with Crippen LogP contribution in [0.4, 0.5) is 0 Å². The van der Waals surface area contributed by atoms with Crippen LogP contribution in [0.1, 0.15) is 100 Å². The fourth-order valence-electron chi connectivity index (χ4n) is 5.02. The van der Waals surface area contributed by atoms with Crippen molar-refractivity contribution in [2.45, 2.75) is 95.8 Å². The van der Waals surface area contributed by atoms with Crippen molar-refractivity contribution in [1.82, 2.24) is 9.97 Å². The van der Waals surface area contributed by atoms with Gasteiger partial charge >= 0.3 is 5.97 Å². The Morgan fingerprint density at radius 1 is 0.628 bits per heavy atom. The van der Waals surface area contributed by atoms with Crippen LogP contribution in [0.3, 0.4) is 0 Å². The summed E-state index contributed by atoms with van der Waals surface area (Å²) in [7, 11) is 0. The van der Waals surface area contributed by atoms with Gasteiger partial charge in [0.25, 0.3) is 0 Å². The summed E-state index contributed by atoms with van der Waals surface area (Å²) in [6.45, 7) is 4.50. The summed E-state index contributed by atoms with van der Waals surface area (Å²) in [5.74, 6) is 1.96. The van der Waals surface area contributed by atoms with Crippen molar-refractivity contribution in [3.63, 3.8) is 0 Å². The molecule has 0 bridgehead atoms. The van der Waals surface area contributed by atoms with Gasteiger partial charge in [0.15, 0.2) is 5.82 Å². The number of carbonyl (C=O) groups excluding carboxylic acids is 1. The van der Waals surface area contributed by atoms with E-state index >= 15 is 0 Å². The Morgan fingerprint density at radius 3 is 1.79 bits per heavy atom. The molecule has 4 rings (SSSR count). The summed E-state index contributed by atoms with van der Waals surface area (Å²) < 4.78 is 5.64. The van der Waals surface area contributed by atoms with Gasteiger partial charge in [-0.2, -0.15) is 0 Å². The van der Waals surface area contributed by atoms with E-state index in [1.54, 1.807) is 12.1 Å². The van der Waals surface area contributed by atoms with Gasteiger partial charge in [-0.1, -0.05) is 95.9 Å². The third-order valence-electron chi connectivity index (χ3n) is 7.67. The lowest BCUT2D eigenvalue weighted by Gasteiger charge is -2.08. The zero-order valence-electron chi connectivity index (χ0n) is 25.9. The van der Waals surface area contributed by atoms with Crippen molar-refractivity contribution in [2.24, 2.45) is 0 Å². The van der Waals surface area contributed by atoms with Crippen LogP contribution >= 0.6 is 11.8 Å². The molecule has 5 heteroatoms. The molecular formula is C38H46N2O2S. The van der Waals surface area contributed by atoms with Crippen molar-refractivity contribution in [1.29, 1.82) is 0 Å². The molecule has 3 aromatic carbocycles. The monoisotopic (exact) mass is 594 g/mol. The van der Waals surface area contributed by atoms with Crippen molar-refractivity contribution >= 4 is 17.7 Å². The lowest BCUT2D eigenvalue weighted by atomic mass is 10.0. The standard InChI is InChI=1S/C38H46N2O2S/c1-3-5-7-9-10-11-12-14-30-28-39-37(40-29-30)33-19-23-35(24-20-33)42-38(41)34-17-15-31(16-18-34)32-21-25-36(26-22-32)43-27-13-8-6-4-2/h15-26,28-29H,3-14,27H2,1-2H3. The molecular weight excluding hydrogens is 548 g/mol. The molecule has 0 fully saturated rings. The minimum Gasteiger partial charge on any atom is -0.423 e. The number of aryl methyl sites for hydroxylation is 1. The van der Waals surface area contributed by atoms with Crippen molar-refractivity contribution < 1.29 is 9.53 Å². The summed E-state index contributed by atoms with van der Waals surface area (Å²) in [4.78, 5) is 23.2. The number of benzene rings is 3. The van der Waals surface area contributed by atoms with Crippen LogP contribution in [-0.4, -0.2) is 21.7 Å². The lowest BCUT2D eigenvalue weighted by Crippen LogP contribution is -2.08. The molecule has 0 aliphatic rings. The third-order valence-corrected chi connectivity index (χ3v) is 8.77. The molecule has 0 amide bonds. The van der Waals surface area contributed by atoms with Crippen LogP contribution in [0.25, 0.3) is 22.5 Å². The Labute approximate surface area is 262 Å². The molecule has 1 aromatic heterocycles. The second kappa shape index (κ2) is 18.3. The van der Waals surface area contributed by atoms with Crippen LogP contribution < -0.4 is 4.74 Å². The van der Waals surface area contributed by atoms with Gasteiger partial charge in [0.05, 0.1) is 5.56 Å². The molecule has 1 heterocycles. The second-order valence-corrected chi connectivity index (χ2v) is 12.4. The first kappa shape index (κ1) is 32.5. The summed E-state index contributed by atoms with van der Waals surface area (Å²) in [6.07, 6.45) is 19.2. The minimum atomic E-state index is -0.375. The van der Waals surface area contributed by atoms with Crippen molar-refractivity contribution in [2.75, 3.05) is 5.75 Å². The third kappa shape index (κ3) is 11.0. The zero-order chi connectivity index (χ0) is 30.1. The first-order valence-corrected chi connectivity index (χ1v) is 17.1. The fraction of sp³-hybridized carbons (Fsp3) is 0.395. The molecule has 4 aromatic rings. The molecule has 226 valence electrons. The summed E-state index contributed by atoms with van der Waals surface area (Å²) in [5.41, 5.74) is 4.81. The number of hydrogen-bond acceptors (Lipinski definition) is 5. The normalized spacial score (nSPS) is 11.0. The van der Waals surface area contributed by atoms with Gasteiger partial charge in [0, 0.05) is 22.9 Å². The summed E-state index contributed by atoms with van der Waals surface area (Å²) >= 11 is 1.92. The first-order valence-electron chi connectivity index (χ1n) is 16.1. The zero-order valence-corrected chi connectivity index (χ0v) is 26.7. The minimum absolute atomic E-state index is 0.375. The Kier molecular flexibility index (Phi) is 13.8. The quantitative estimate of drug-likeness (QED) is 0.0496. The van der Waals surface area contributed by atoms with Gasteiger partial charge in [-0.25, -0.2) is 14.8 Å². The van der Waals surface area contributed by atoms with Gasteiger partial charge in [0.1, 0.15) is 5.75 Å². The molecule has 0 saturated heterocycles. The molecule has 0 aliphatic heterocycles. The average Bonchev–Trinajstić information content (AvgIpc) is 3.05. The van der Waals surface area contributed by atoms with E-state index in [-0.39, 0.29) is 5.97 Å². The highest BCUT2D eigenvalue weighted by Gasteiger charge is 2.10. The largest absolute Gasteiger partial charge is 0.423 e. The highest BCUT2D eigenvalue weighted by Crippen LogP contribution is 2.26. The van der Waals surface area contributed by atoms with Gasteiger partial charge in [0.2, 0.25) is 0 Å². The van der Waals surface area contributed by atoms with E-state index in [1.165, 1.54) is 86.8 Å². The van der Waals surface area contributed by atoms with E-state index < -0.39 is 0 Å². The fourth-order valence-corrected chi connectivity index (χ4v) is 5.93. The first-order chi connectivity index (χ1) is 21.2. The Hall–Kier alpha value is -3.44. The number of esters is 1. The maximum absolute atomic E-state index is 12.8. The topological polar surface area (TPSA) is 52.1 Å². The SMILES string of the molecule is CCCCCCCCCc1cnc(-c2ccc(OC(=O)c3ccc(-c4ccc(SCCCCCC)cc4)cc3)cc2)nc1. The number of rotatable bonds is 18. The number of aromatic nitrogens is 2. The van der Waals surface area contributed by atoms with E-state index in [9.17, 15) is 4.79 Å². The average molecular weight is 595 g/mol. The van der Waals surface area contributed by atoms with Crippen LogP contribution in [-0.2, 0) is 6.42 Å². The molecule has 43 heavy (non-hydrogen) atoms. The summed E-state index contributed by atoms with van der Waals surface area (Å²) in [6, 6.07) is 23.6. The molecule has 0 saturated carbocycles. The van der Waals surface area contributed by atoms with Crippen LogP contribution in [0.5, 0.6) is 5.75 Å². The maximum atomic E-state index is 12.8. The van der Waals surface area contributed by atoms with Crippen molar-refractivity contribution in [3.05, 3.63) is 96.3 Å². The van der Waals surface area contributed by atoms with Gasteiger partial charge in [-0.3, -0.25) is 0 Å². The number of ether oxygens (including phenoxy) is 1. The molecule has 0 aliphatic carbocycles. The molecule has 0 unspecified atom stereocenters. The Balaban J connectivity index is 1.23. The lowest BCUT2D eigenvalue weighted by molar-refractivity contribution is 0.0735. The summed E-state index contributed by atoms with van der Waals surface area (Å²) in [5, 5.41) is 0. The number of unbranched alkanes of at least 4 members (excludes halogenated alkanes) is 9. The second-order valence-electron chi connectivity index (χ2n) is 11.2. The predicted octanol–water partition coefficient (Wildman–Crippen LogP) is 11.0. The van der Waals surface area contributed by atoms with E-state index in [0.717, 1.165) is 23.1 Å². The molecule has 0 spiro atoms. The van der Waals surface area contributed by atoms with Crippen LogP contribution in [0, 0.1) is 0 Å². The smallest absolute Gasteiger partial charge is 0.343 e. The van der Waals surface area contributed by atoms with Crippen LogP contribution in [0.15, 0.2) is 90.1 Å². The van der Waals surface area contributed by atoms with E-state index in [1.807, 2.05) is 60.6 Å². The number of nitrogens with zero attached hydrogens (tertiary/aromatic N) is 2. The van der Waals surface area contributed by atoms with Crippen LogP contribution in [0.2, 0.25) is 0 Å². The number of thioether (sulfide) groups is 1. The highest BCUT2D eigenvalue weighted by molar-refractivity contribution is 7.99. The molecule has 4 nitrogen and oxygen atoms in total. The van der Waals surface area contributed by atoms with E-state index in [2.05, 4.69) is 48.1 Å². The molecule has 0 atom stereocenters. The predicted molar refractivity (Wildman–Crippen MR) is 181 cm³/mol. The van der Waals surface area contributed by atoms with E-state index in [0.29, 0.717) is 17.1 Å². The molecule has 0 radical (unpaired) electrons. The van der Waals surface area contributed by atoms with Gasteiger partial charge in [-0.15, -0.1) is 11.8 Å². The Bertz CT molecular complexity index is 1350. The van der Waals surface area contributed by atoms with Crippen molar-refractivity contribution in [3.8, 4) is 28.3 Å².